The zero-order chi connectivity index (χ0) is 15.0. The predicted molar refractivity (Wildman–Crippen MR) is 79.8 cm³/mol. The fourth-order valence-electron chi connectivity index (χ4n) is 2.49. The quantitative estimate of drug-likeness (QED) is 0.880. The largest absolute Gasteiger partial charge is 0.350 e. The predicted octanol–water partition coefficient (Wildman–Crippen LogP) is 2.50. The van der Waals surface area contributed by atoms with Crippen LogP contribution >= 0.6 is 0 Å². The van der Waals surface area contributed by atoms with E-state index < -0.39 is 5.72 Å². The van der Waals surface area contributed by atoms with E-state index in [0.29, 0.717) is 17.9 Å². The molecule has 1 aromatic carbocycles. The molecule has 1 aromatic heterocycles. The Morgan fingerprint density at radius 1 is 1.38 bits per heavy atom. The lowest BCUT2D eigenvalue weighted by Gasteiger charge is -2.11. The fourth-order valence-corrected chi connectivity index (χ4v) is 2.49. The van der Waals surface area contributed by atoms with Crippen molar-refractivity contribution in [1.82, 2.24) is 9.97 Å². The molecule has 0 aliphatic carbocycles. The average Bonchev–Trinajstić information content (AvgIpc) is 3.07. The number of rotatable bonds is 3. The summed E-state index contributed by atoms with van der Waals surface area (Å²) in [6.45, 7) is 6.25. The molecule has 0 unspecified atom stereocenters. The van der Waals surface area contributed by atoms with Crippen molar-refractivity contribution >= 4 is 11.5 Å². The van der Waals surface area contributed by atoms with Crippen LogP contribution in [-0.2, 0) is 4.74 Å². The Morgan fingerprint density at radius 2 is 2.19 bits per heavy atom. The van der Waals surface area contributed by atoms with Crippen LogP contribution in [0.1, 0.15) is 41.0 Å². The van der Waals surface area contributed by atoms with E-state index >= 15 is 0 Å². The van der Waals surface area contributed by atoms with Crippen LogP contribution in [0.3, 0.4) is 0 Å². The first kappa shape index (κ1) is 13.7. The van der Waals surface area contributed by atoms with Gasteiger partial charge >= 0.3 is 0 Å². The summed E-state index contributed by atoms with van der Waals surface area (Å²) in [6.07, 6.45) is 3.11. The van der Waals surface area contributed by atoms with Crippen LogP contribution in [-0.4, -0.2) is 33.8 Å². The molecular formula is C16H17N3O2. The van der Waals surface area contributed by atoms with Gasteiger partial charge in [-0.15, -0.1) is 0 Å². The standard InChI is InChI=1S/C16H17N3O2/c1-10-11(14-8-21-16(2,3)19-14)5-4-6-12(10)15(20)13-7-17-9-18-13/h4-7,9H,8H2,1-3H3,(H,17,18). The van der Waals surface area contributed by atoms with E-state index in [1.807, 2.05) is 39.0 Å². The molecule has 0 bridgehead atoms. The van der Waals surface area contributed by atoms with Gasteiger partial charge < -0.3 is 9.72 Å². The van der Waals surface area contributed by atoms with Gasteiger partial charge in [-0.1, -0.05) is 18.2 Å². The second-order valence-electron chi connectivity index (χ2n) is 5.56. The van der Waals surface area contributed by atoms with Gasteiger partial charge in [0.2, 0.25) is 5.78 Å². The van der Waals surface area contributed by atoms with Crippen LogP contribution in [0.25, 0.3) is 0 Å². The second-order valence-corrected chi connectivity index (χ2v) is 5.56. The van der Waals surface area contributed by atoms with E-state index in [2.05, 4.69) is 15.0 Å². The molecule has 0 amide bonds. The Kier molecular flexibility index (Phi) is 3.22. The van der Waals surface area contributed by atoms with Crippen molar-refractivity contribution in [2.75, 3.05) is 6.61 Å². The van der Waals surface area contributed by atoms with E-state index in [1.54, 1.807) is 6.20 Å². The SMILES string of the molecule is Cc1c(C(=O)c2c[nH]cn2)cccc1C1=NC(C)(C)OC1. The van der Waals surface area contributed by atoms with E-state index in [1.165, 1.54) is 6.33 Å². The summed E-state index contributed by atoms with van der Waals surface area (Å²) in [6, 6.07) is 5.66. The number of ketones is 1. The number of nitrogens with one attached hydrogen (secondary N) is 1. The Labute approximate surface area is 123 Å². The van der Waals surface area contributed by atoms with Crippen LogP contribution in [0.5, 0.6) is 0 Å². The van der Waals surface area contributed by atoms with Crippen molar-refractivity contribution in [3.63, 3.8) is 0 Å². The number of hydrogen-bond donors (Lipinski definition) is 1. The number of H-pyrrole nitrogens is 1. The van der Waals surface area contributed by atoms with E-state index in [9.17, 15) is 4.79 Å². The van der Waals surface area contributed by atoms with Gasteiger partial charge in [-0.25, -0.2) is 4.98 Å². The van der Waals surface area contributed by atoms with Crippen molar-refractivity contribution in [1.29, 1.82) is 0 Å². The highest BCUT2D eigenvalue weighted by molar-refractivity contribution is 6.11. The zero-order valence-electron chi connectivity index (χ0n) is 12.3. The topological polar surface area (TPSA) is 67.3 Å². The molecule has 2 aromatic rings. The smallest absolute Gasteiger partial charge is 0.213 e. The Bertz CT molecular complexity index is 715. The Balaban J connectivity index is 2.02. The molecule has 3 rings (SSSR count). The first-order valence-electron chi connectivity index (χ1n) is 6.84. The monoisotopic (exact) mass is 283 g/mol. The molecule has 0 fully saturated rings. The molecule has 0 atom stereocenters. The molecule has 0 saturated heterocycles. The Morgan fingerprint density at radius 3 is 2.81 bits per heavy atom. The minimum absolute atomic E-state index is 0.0885. The van der Waals surface area contributed by atoms with E-state index in [0.717, 1.165) is 16.8 Å². The number of aromatic amines is 1. The fraction of sp³-hybridized carbons (Fsp3) is 0.312. The van der Waals surface area contributed by atoms with Crippen LogP contribution < -0.4 is 0 Å². The molecule has 5 heteroatoms. The van der Waals surface area contributed by atoms with Gasteiger partial charge in [-0.05, 0) is 26.3 Å². The molecule has 0 saturated carbocycles. The highest BCUT2D eigenvalue weighted by atomic mass is 16.5. The molecule has 21 heavy (non-hydrogen) atoms. The Hall–Kier alpha value is -2.27. The number of benzene rings is 1. The third-order valence-electron chi connectivity index (χ3n) is 3.59. The summed E-state index contributed by atoms with van der Waals surface area (Å²) < 4.78 is 5.63. The van der Waals surface area contributed by atoms with Crippen molar-refractivity contribution in [3.05, 3.63) is 53.1 Å². The van der Waals surface area contributed by atoms with E-state index in [4.69, 9.17) is 4.74 Å². The van der Waals surface area contributed by atoms with Crippen molar-refractivity contribution in [2.45, 2.75) is 26.5 Å². The number of carbonyl (C=O) groups is 1. The summed E-state index contributed by atoms with van der Waals surface area (Å²) in [4.78, 5) is 23.9. The van der Waals surface area contributed by atoms with Gasteiger partial charge in [0.15, 0.2) is 5.72 Å². The maximum Gasteiger partial charge on any atom is 0.213 e. The molecule has 0 spiro atoms. The number of nitrogens with zero attached hydrogens (tertiary/aromatic N) is 2. The highest BCUT2D eigenvalue weighted by Crippen LogP contribution is 2.24. The number of imidazole rings is 1. The lowest BCUT2D eigenvalue weighted by Crippen LogP contribution is -2.15. The molecular weight excluding hydrogens is 266 g/mol. The molecule has 1 aliphatic rings. The normalized spacial score (nSPS) is 16.8. The van der Waals surface area contributed by atoms with Crippen molar-refractivity contribution < 1.29 is 9.53 Å². The number of ether oxygens (including phenoxy) is 1. The molecule has 0 radical (unpaired) electrons. The van der Waals surface area contributed by atoms with Crippen LogP contribution in [0.2, 0.25) is 0 Å². The minimum atomic E-state index is -0.496. The van der Waals surface area contributed by atoms with Gasteiger partial charge in [-0.2, -0.15) is 0 Å². The zero-order valence-corrected chi connectivity index (χ0v) is 12.3. The maximum absolute atomic E-state index is 12.5. The second kappa shape index (κ2) is 4.93. The van der Waals surface area contributed by atoms with Crippen molar-refractivity contribution in [2.24, 2.45) is 4.99 Å². The third-order valence-corrected chi connectivity index (χ3v) is 3.59. The first-order chi connectivity index (χ1) is 9.98. The number of carbonyl (C=O) groups excluding carboxylic acids is 1. The summed E-state index contributed by atoms with van der Waals surface area (Å²) >= 11 is 0. The van der Waals surface area contributed by atoms with Crippen LogP contribution in [0.4, 0.5) is 0 Å². The van der Waals surface area contributed by atoms with E-state index in [-0.39, 0.29) is 5.78 Å². The molecule has 2 heterocycles. The average molecular weight is 283 g/mol. The van der Waals surface area contributed by atoms with Crippen molar-refractivity contribution in [3.8, 4) is 0 Å². The summed E-state index contributed by atoms with van der Waals surface area (Å²) in [5, 5.41) is 0. The number of hydrogen-bond acceptors (Lipinski definition) is 4. The number of aliphatic imine (C=N–C) groups is 1. The molecule has 5 nitrogen and oxygen atoms in total. The first-order valence-corrected chi connectivity index (χ1v) is 6.84. The van der Waals surface area contributed by atoms with Gasteiger partial charge in [0.25, 0.3) is 0 Å². The minimum Gasteiger partial charge on any atom is -0.350 e. The molecule has 1 N–H and O–H groups in total. The summed E-state index contributed by atoms with van der Waals surface area (Å²) in [5.41, 5.74) is 3.32. The summed E-state index contributed by atoms with van der Waals surface area (Å²) in [7, 11) is 0. The van der Waals surface area contributed by atoms with Gasteiger partial charge in [0.1, 0.15) is 5.69 Å². The highest BCUT2D eigenvalue weighted by Gasteiger charge is 2.27. The van der Waals surface area contributed by atoms with Crippen LogP contribution in [0, 0.1) is 6.92 Å². The lowest BCUT2D eigenvalue weighted by atomic mass is 9.95. The maximum atomic E-state index is 12.5. The summed E-state index contributed by atoms with van der Waals surface area (Å²) in [5.74, 6) is -0.0885. The van der Waals surface area contributed by atoms with Gasteiger partial charge in [0.05, 0.1) is 18.6 Å². The molecule has 108 valence electrons. The number of aromatic nitrogens is 2. The van der Waals surface area contributed by atoms with Gasteiger partial charge in [0, 0.05) is 17.3 Å². The van der Waals surface area contributed by atoms with Crippen LogP contribution in [0.15, 0.2) is 35.7 Å². The van der Waals surface area contributed by atoms with Gasteiger partial charge in [-0.3, -0.25) is 9.79 Å². The third kappa shape index (κ3) is 2.52. The molecule has 1 aliphatic heterocycles. The lowest BCUT2D eigenvalue weighted by molar-refractivity contribution is 0.0327.